The second-order valence-electron chi connectivity index (χ2n) is 5.60. The zero-order valence-electron chi connectivity index (χ0n) is 12.3. The second-order valence-corrected chi connectivity index (χ2v) is 5.60. The van der Waals surface area contributed by atoms with Gasteiger partial charge in [-0.15, -0.1) is 0 Å². The summed E-state index contributed by atoms with van der Waals surface area (Å²) in [5, 5.41) is 3.16. The quantitative estimate of drug-likeness (QED) is 0.432. The van der Waals surface area contributed by atoms with Crippen LogP contribution >= 0.6 is 0 Å². The lowest BCUT2D eigenvalue weighted by Crippen LogP contribution is -2.42. The van der Waals surface area contributed by atoms with Crippen LogP contribution in [0.4, 0.5) is 0 Å². The largest absolute Gasteiger partial charge is 0.370 e. The number of aliphatic imine (C=N–C) groups is 1. The normalized spacial score (nSPS) is 23.9. The summed E-state index contributed by atoms with van der Waals surface area (Å²) >= 11 is 0. The van der Waals surface area contributed by atoms with Gasteiger partial charge in [-0.25, -0.2) is 0 Å². The van der Waals surface area contributed by atoms with E-state index >= 15 is 0 Å². The lowest BCUT2D eigenvalue weighted by atomic mass is 9.99. The smallest absolute Gasteiger partial charge is 0.188 e. The Morgan fingerprint density at radius 3 is 3.00 bits per heavy atom. The highest BCUT2D eigenvalue weighted by atomic mass is 15.2. The van der Waals surface area contributed by atoms with Crippen LogP contribution in [0.2, 0.25) is 0 Å². The molecule has 0 aromatic rings. The average Bonchev–Trinajstić information content (AvgIpc) is 2.36. The molecule has 1 aliphatic rings. The van der Waals surface area contributed by atoms with Gasteiger partial charge in [0.2, 0.25) is 0 Å². The van der Waals surface area contributed by atoms with Crippen molar-refractivity contribution >= 4 is 5.96 Å². The van der Waals surface area contributed by atoms with E-state index in [1.54, 1.807) is 0 Å². The number of likely N-dealkylation sites (tertiary alicyclic amines) is 1. The number of rotatable bonds is 6. The van der Waals surface area contributed by atoms with Crippen LogP contribution in [0.5, 0.6) is 0 Å². The number of nitrogens with two attached hydrogens (primary N) is 1. The van der Waals surface area contributed by atoms with Crippen molar-refractivity contribution in [2.24, 2.45) is 16.6 Å². The highest BCUT2D eigenvalue weighted by Gasteiger charge is 2.20. The monoisotopic (exact) mass is 254 g/mol. The van der Waals surface area contributed by atoms with Crippen molar-refractivity contribution in [3.05, 3.63) is 0 Å². The van der Waals surface area contributed by atoms with Gasteiger partial charge in [0.05, 0.1) is 6.54 Å². The SMILES string of the molecule is CCCCNC(N)=NCC(C)N1CCCC(C)C1. The maximum Gasteiger partial charge on any atom is 0.188 e. The molecular weight excluding hydrogens is 224 g/mol. The Bertz CT molecular complexity index is 252. The molecule has 4 heteroatoms. The van der Waals surface area contributed by atoms with Crippen LogP contribution in [0.15, 0.2) is 4.99 Å². The van der Waals surface area contributed by atoms with Crippen LogP contribution in [-0.4, -0.2) is 43.1 Å². The molecule has 0 spiro atoms. The molecule has 0 radical (unpaired) electrons. The molecule has 0 aromatic carbocycles. The van der Waals surface area contributed by atoms with Crippen LogP contribution in [0.1, 0.15) is 46.5 Å². The number of nitrogens with one attached hydrogen (secondary N) is 1. The highest BCUT2D eigenvalue weighted by Crippen LogP contribution is 2.17. The third kappa shape index (κ3) is 5.71. The summed E-state index contributed by atoms with van der Waals surface area (Å²) in [7, 11) is 0. The van der Waals surface area contributed by atoms with Crippen molar-refractivity contribution in [1.82, 2.24) is 10.2 Å². The molecule has 0 aliphatic carbocycles. The van der Waals surface area contributed by atoms with Gasteiger partial charge < -0.3 is 11.1 Å². The summed E-state index contributed by atoms with van der Waals surface area (Å²) in [5.41, 5.74) is 5.84. The maximum absolute atomic E-state index is 5.84. The predicted octanol–water partition coefficient (Wildman–Crippen LogP) is 1.81. The first-order valence-electron chi connectivity index (χ1n) is 7.41. The molecule has 2 unspecified atom stereocenters. The molecule has 0 amide bonds. The molecule has 0 aromatic heterocycles. The molecule has 3 N–H and O–H groups in total. The van der Waals surface area contributed by atoms with E-state index in [-0.39, 0.29) is 0 Å². The molecule has 1 heterocycles. The van der Waals surface area contributed by atoms with E-state index < -0.39 is 0 Å². The Hall–Kier alpha value is -0.770. The van der Waals surface area contributed by atoms with Crippen molar-refractivity contribution in [2.45, 2.75) is 52.5 Å². The van der Waals surface area contributed by atoms with E-state index in [0.29, 0.717) is 12.0 Å². The van der Waals surface area contributed by atoms with E-state index in [0.717, 1.165) is 25.4 Å². The molecular formula is C14H30N4. The predicted molar refractivity (Wildman–Crippen MR) is 78.8 cm³/mol. The molecule has 106 valence electrons. The first kappa shape index (κ1) is 15.3. The van der Waals surface area contributed by atoms with Crippen LogP contribution in [-0.2, 0) is 0 Å². The van der Waals surface area contributed by atoms with Crippen LogP contribution < -0.4 is 11.1 Å². The fourth-order valence-corrected chi connectivity index (χ4v) is 2.42. The molecule has 2 atom stereocenters. The first-order valence-corrected chi connectivity index (χ1v) is 7.41. The second kappa shape index (κ2) is 8.35. The molecule has 1 aliphatic heterocycles. The minimum absolute atomic E-state index is 0.499. The summed E-state index contributed by atoms with van der Waals surface area (Å²) in [6.07, 6.45) is 5.02. The van der Waals surface area contributed by atoms with E-state index in [1.807, 2.05) is 0 Å². The summed E-state index contributed by atoms with van der Waals surface area (Å²) in [6, 6.07) is 0.499. The molecule has 4 nitrogen and oxygen atoms in total. The summed E-state index contributed by atoms with van der Waals surface area (Å²) in [4.78, 5) is 6.98. The zero-order valence-corrected chi connectivity index (χ0v) is 12.3. The van der Waals surface area contributed by atoms with Gasteiger partial charge in [-0.1, -0.05) is 20.3 Å². The molecule has 1 rings (SSSR count). The van der Waals surface area contributed by atoms with E-state index in [1.165, 1.54) is 32.4 Å². The van der Waals surface area contributed by atoms with Gasteiger partial charge in [0, 0.05) is 19.1 Å². The Morgan fingerprint density at radius 1 is 1.56 bits per heavy atom. The van der Waals surface area contributed by atoms with Crippen molar-refractivity contribution in [1.29, 1.82) is 0 Å². The molecule has 1 fully saturated rings. The lowest BCUT2D eigenvalue weighted by molar-refractivity contribution is 0.142. The molecule has 0 saturated carbocycles. The van der Waals surface area contributed by atoms with Crippen molar-refractivity contribution in [3.8, 4) is 0 Å². The molecule has 0 bridgehead atoms. The number of piperidine rings is 1. The maximum atomic E-state index is 5.84. The highest BCUT2D eigenvalue weighted by molar-refractivity contribution is 5.77. The number of guanidine groups is 1. The van der Waals surface area contributed by atoms with Gasteiger partial charge in [0.15, 0.2) is 5.96 Å². The van der Waals surface area contributed by atoms with Crippen LogP contribution in [0, 0.1) is 5.92 Å². The van der Waals surface area contributed by atoms with Gasteiger partial charge in [-0.05, 0) is 38.6 Å². The number of hydrogen-bond donors (Lipinski definition) is 2. The number of nitrogens with zero attached hydrogens (tertiary/aromatic N) is 2. The topological polar surface area (TPSA) is 53.6 Å². The van der Waals surface area contributed by atoms with Crippen molar-refractivity contribution in [3.63, 3.8) is 0 Å². The third-order valence-corrected chi connectivity index (χ3v) is 3.67. The minimum atomic E-state index is 0.499. The van der Waals surface area contributed by atoms with E-state index in [4.69, 9.17) is 5.73 Å². The van der Waals surface area contributed by atoms with E-state index in [9.17, 15) is 0 Å². The Balaban J connectivity index is 2.26. The fraction of sp³-hybridized carbons (Fsp3) is 0.929. The third-order valence-electron chi connectivity index (χ3n) is 3.67. The number of unbranched alkanes of at least 4 members (excludes halogenated alkanes) is 1. The lowest BCUT2D eigenvalue weighted by Gasteiger charge is -2.34. The Morgan fingerprint density at radius 2 is 2.33 bits per heavy atom. The zero-order chi connectivity index (χ0) is 13.4. The Labute approximate surface area is 112 Å². The van der Waals surface area contributed by atoms with Gasteiger partial charge >= 0.3 is 0 Å². The van der Waals surface area contributed by atoms with Gasteiger partial charge in [-0.2, -0.15) is 0 Å². The van der Waals surface area contributed by atoms with Gasteiger partial charge in [0.1, 0.15) is 0 Å². The average molecular weight is 254 g/mol. The molecule has 1 saturated heterocycles. The fourth-order valence-electron chi connectivity index (χ4n) is 2.42. The van der Waals surface area contributed by atoms with E-state index in [2.05, 4.69) is 36.0 Å². The molecule has 18 heavy (non-hydrogen) atoms. The first-order chi connectivity index (χ1) is 8.63. The van der Waals surface area contributed by atoms with Crippen LogP contribution in [0.3, 0.4) is 0 Å². The minimum Gasteiger partial charge on any atom is -0.370 e. The Kier molecular flexibility index (Phi) is 7.09. The summed E-state index contributed by atoms with van der Waals surface area (Å²) in [5.74, 6) is 1.42. The van der Waals surface area contributed by atoms with Crippen LogP contribution in [0.25, 0.3) is 0 Å². The number of hydrogen-bond acceptors (Lipinski definition) is 2. The van der Waals surface area contributed by atoms with Crippen molar-refractivity contribution in [2.75, 3.05) is 26.2 Å². The van der Waals surface area contributed by atoms with Crippen molar-refractivity contribution < 1.29 is 0 Å². The standard InChI is InChI=1S/C14H30N4/c1-4-5-8-16-14(15)17-10-13(3)18-9-6-7-12(2)11-18/h12-13H,4-11H2,1-3H3,(H3,15,16,17). The van der Waals surface area contributed by atoms with Gasteiger partial charge in [-0.3, -0.25) is 9.89 Å². The van der Waals surface area contributed by atoms with Gasteiger partial charge in [0.25, 0.3) is 0 Å². The summed E-state index contributed by atoms with van der Waals surface area (Å²) < 4.78 is 0. The summed E-state index contributed by atoms with van der Waals surface area (Å²) in [6.45, 7) is 10.9.